The lowest BCUT2D eigenvalue weighted by atomic mass is 9.35. The molecule has 1 heterocycles. The second-order valence-electron chi connectivity index (χ2n) is 13.0. The predicted octanol–water partition coefficient (Wildman–Crippen LogP) is 2.92. The monoisotopic (exact) mass is 544 g/mol. The zero-order valence-electron chi connectivity index (χ0n) is 23.4. The summed E-state index contributed by atoms with van der Waals surface area (Å²) >= 11 is 0. The van der Waals surface area contributed by atoms with E-state index < -0.39 is 76.0 Å². The number of aliphatic hydroxyl groups is 3. The number of fused-ring (bicyclic) bond motifs is 5. The first-order valence-electron chi connectivity index (χ1n) is 13.8. The zero-order chi connectivity index (χ0) is 28.7. The molecule has 4 aliphatic rings. The van der Waals surface area contributed by atoms with Gasteiger partial charge in [-0.05, 0) is 37.3 Å². The highest BCUT2D eigenvalue weighted by atomic mass is 16.5. The summed E-state index contributed by atoms with van der Waals surface area (Å²) in [5.41, 5.74) is -2.35. The number of hydrogen-bond acceptors (Lipinski definition) is 9. The van der Waals surface area contributed by atoms with Crippen LogP contribution in [-0.4, -0.2) is 64.1 Å². The predicted molar refractivity (Wildman–Crippen MR) is 138 cm³/mol. The first-order chi connectivity index (χ1) is 18.2. The molecule has 9 nitrogen and oxygen atoms in total. The molecule has 0 spiro atoms. The van der Waals surface area contributed by atoms with Gasteiger partial charge in [0.2, 0.25) is 0 Å². The van der Waals surface area contributed by atoms with Crippen molar-refractivity contribution in [3.05, 3.63) is 35.8 Å². The second kappa shape index (κ2) is 9.01. The molecule has 3 N–H and O–H groups in total. The Balaban J connectivity index is 1.69. The van der Waals surface area contributed by atoms with Crippen LogP contribution in [-0.2, 0) is 23.9 Å². The molecular formula is C30H40O9. The summed E-state index contributed by atoms with van der Waals surface area (Å²) in [6.07, 6.45) is 1.66. The van der Waals surface area contributed by atoms with Gasteiger partial charge in [-0.15, -0.1) is 0 Å². The topological polar surface area (TPSA) is 144 Å². The van der Waals surface area contributed by atoms with E-state index in [4.69, 9.17) is 13.9 Å². The summed E-state index contributed by atoms with van der Waals surface area (Å²) in [7, 11) is 0. The van der Waals surface area contributed by atoms with Gasteiger partial charge in [0, 0.05) is 48.3 Å². The van der Waals surface area contributed by atoms with Crippen molar-refractivity contribution in [1.82, 2.24) is 0 Å². The third kappa shape index (κ3) is 3.51. The van der Waals surface area contributed by atoms with Gasteiger partial charge >= 0.3 is 11.9 Å². The number of aldehydes is 1. The van der Waals surface area contributed by atoms with E-state index in [-0.39, 0.29) is 12.3 Å². The number of allylic oxidation sites excluding steroid dienone is 1. The number of furan rings is 1. The molecular weight excluding hydrogens is 504 g/mol. The summed E-state index contributed by atoms with van der Waals surface area (Å²) in [4.78, 5) is 37.1. The summed E-state index contributed by atoms with van der Waals surface area (Å²) < 4.78 is 16.9. The maximum Gasteiger partial charge on any atom is 0.302 e. The van der Waals surface area contributed by atoms with Crippen LogP contribution in [0.4, 0.5) is 0 Å². The number of carbonyl (C=O) groups is 3. The minimum absolute atomic E-state index is 0.00338. The number of esters is 2. The van der Waals surface area contributed by atoms with Gasteiger partial charge < -0.3 is 34.0 Å². The molecule has 0 aromatic carbocycles. The zero-order valence-corrected chi connectivity index (χ0v) is 23.4. The van der Waals surface area contributed by atoms with Crippen molar-refractivity contribution in [1.29, 1.82) is 0 Å². The molecule has 1 aromatic heterocycles. The quantitative estimate of drug-likeness (QED) is 0.296. The second-order valence-corrected chi connectivity index (χ2v) is 13.0. The number of rotatable bonds is 4. The standard InChI is InChI=1S/C30H40O9/c1-15(32)38-22-12-21(34)30(6)20-11-23(39-16(2)33)28(4)18(17-9-10-37-13-17)7-8-19(28)29(20,5)26(36)24(35)25(30)27(22,3)14-31/h8-10,13-14,18,20-26,34-36H,7,11-12H2,1-6H3/t18-,20-,21-,22+,23-,24+,25-,26+,27+,28-,29-,30-/m0/s1. The Morgan fingerprint density at radius 3 is 2.21 bits per heavy atom. The summed E-state index contributed by atoms with van der Waals surface area (Å²) in [6, 6.07) is 1.89. The molecule has 0 amide bonds. The third-order valence-corrected chi connectivity index (χ3v) is 11.3. The average Bonchev–Trinajstić information content (AvgIpc) is 3.51. The first kappa shape index (κ1) is 28.1. The molecule has 3 fully saturated rings. The van der Waals surface area contributed by atoms with Gasteiger partial charge in [0.25, 0.3) is 0 Å². The van der Waals surface area contributed by atoms with Gasteiger partial charge in [-0.1, -0.05) is 32.4 Å². The van der Waals surface area contributed by atoms with Crippen molar-refractivity contribution in [3.8, 4) is 0 Å². The summed E-state index contributed by atoms with van der Waals surface area (Å²) in [6.45, 7) is 10.0. The van der Waals surface area contributed by atoms with Gasteiger partial charge in [-0.3, -0.25) is 9.59 Å². The molecule has 3 saturated carbocycles. The Hall–Kier alpha value is -2.49. The minimum Gasteiger partial charge on any atom is -0.472 e. The molecule has 0 radical (unpaired) electrons. The molecule has 0 saturated heterocycles. The van der Waals surface area contributed by atoms with E-state index in [1.807, 2.05) is 26.8 Å². The van der Waals surface area contributed by atoms with Crippen molar-refractivity contribution in [2.24, 2.45) is 33.5 Å². The van der Waals surface area contributed by atoms with Crippen LogP contribution in [0.1, 0.15) is 72.3 Å². The van der Waals surface area contributed by atoms with Crippen molar-refractivity contribution in [3.63, 3.8) is 0 Å². The van der Waals surface area contributed by atoms with Gasteiger partial charge in [0.1, 0.15) is 18.5 Å². The number of hydrogen-bond donors (Lipinski definition) is 3. The average molecular weight is 545 g/mol. The van der Waals surface area contributed by atoms with Gasteiger partial charge in [0.05, 0.1) is 36.3 Å². The van der Waals surface area contributed by atoms with Crippen LogP contribution < -0.4 is 0 Å². The first-order valence-corrected chi connectivity index (χ1v) is 13.8. The SMILES string of the molecule is CC(=O)O[C@H]1C[C@H]2[C@](C)(C3=CC[C@@H](c4ccoc4)[C@@]31C)[C@H](O)[C@H](O)[C@H]1[C@](C)(C=O)[C@H](OC(C)=O)C[C@H](O)[C@@]12C. The van der Waals surface area contributed by atoms with Crippen LogP contribution >= 0.6 is 0 Å². The lowest BCUT2D eigenvalue weighted by Crippen LogP contribution is -2.76. The Bertz CT molecular complexity index is 1190. The van der Waals surface area contributed by atoms with E-state index in [2.05, 4.69) is 6.08 Å². The van der Waals surface area contributed by atoms with Crippen LogP contribution in [0, 0.1) is 33.5 Å². The summed E-state index contributed by atoms with van der Waals surface area (Å²) in [5.74, 6) is -2.53. The number of carbonyl (C=O) groups excluding carboxylic acids is 3. The smallest absolute Gasteiger partial charge is 0.302 e. The lowest BCUT2D eigenvalue weighted by molar-refractivity contribution is -0.291. The van der Waals surface area contributed by atoms with Crippen molar-refractivity contribution in [2.45, 2.75) is 97.2 Å². The fourth-order valence-electron chi connectivity index (χ4n) is 9.60. The van der Waals surface area contributed by atoms with Crippen molar-refractivity contribution in [2.75, 3.05) is 0 Å². The van der Waals surface area contributed by atoms with E-state index >= 15 is 0 Å². The van der Waals surface area contributed by atoms with E-state index in [0.29, 0.717) is 19.1 Å². The van der Waals surface area contributed by atoms with Crippen molar-refractivity contribution >= 4 is 18.2 Å². The maximum atomic E-state index is 12.7. The molecule has 12 atom stereocenters. The Morgan fingerprint density at radius 2 is 1.64 bits per heavy atom. The molecule has 0 aliphatic heterocycles. The third-order valence-electron chi connectivity index (χ3n) is 11.3. The summed E-state index contributed by atoms with van der Waals surface area (Å²) in [5, 5.41) is 35.6. The van der Waals surface area contributed by atoms with Crippen LogP contribution in [0.5, 0.6) is 0 Å². The lowest BCUT2D eigenvalue weighted by Gasteiger charge is -2.70. The van der Waals surface area contributed by atoms with E-state index in [1.54, 1.807) is 19.5 Å². The highest BCUT2D eigenvalue weighted by Crippen LogP contribution is 2.74. The number of aliphatic hydroxyl groups excluding tert-OH is 3. The van der Waals surface area contributed by atoms with Crippen LogP contribution in [0.2, 0.25) is 0 Å². The molecule has 214 valence electrons. The molecule has 9 heteroatoms. The van der Waals surface area contributed by atoms with Crippen molar-refractivity contribution < 1.29 is 43.6 Å². The van der Waals surface area contributed by atoms with Crippen LogP contribution in [0.3, 0.4) is 0 Å². The molecule has 4 aliphatic carbocycles. The minimum atomic E-state index is -1.40. The van der Waals surface area contributed by atoms with E-state index in [1.165, 1.54) is 13.8 Å². The number of ether oxygens (including phenoxy) is 2. The highest BCUT2D eigenvalue weighted by molar-refractivity contribution is 5.69. The van der Waals surface area contributed by atoms with Gasteiger partial charge in [-0.2, -0.15) is 0 Å². The van der Waals surface area contributed by atoms with Crippen LogP contribution in [0.15, 0.2) is 34.7 Å². The fourth-order valence-corrected chi connectivity index (χ4v) is 9.60. The van der Waals surface area contributed by atoms with E-state index in [0.717, 1.165) is 11.1 Å². The Morgan fingerprint density at radius 1 is 1.00 bits per heavy atom. The molecule has 0 unspecified atom stereocenters. The highest BCUT2D eigenvalue weighted by Gasteiger charge is 2.76. The largest absolute Gasteiger partial charge is 0.472 e. The van der Waals surface area contributed by atoms with Crippen LogP contribution in [0.25, 0.3) is 0 Å². The Labute approximate surface area is 228 Å². The fraction of sp³-hybridized carbons (Fsp3) is 0.700. The molecule has 0 bridgehead atoms. The molecule has 5 rings (SSSR count). The Kier molecular flexibility index (Phi) is 6.48. The molecule has 39 heavy (non-hydrogen) atoms. The maximum absolute atomic E-state index is 12.7. The molecule has 1 aromatic rings. The van der Waals surface area contributed by atoms with Gasteiger partial charge in [-0.25, -0.2) is 0 Å². The normalized spacial score (nSPS) is 48.7. The van der Waals surface area contributed by atoms with E-state index in [9.17, 15) is 29.7 Å². The van der Waals surface area contributed by atoms with Gasteiger partial charge in [0.15, 0.2) is 0 Å².